The first-order valence-electron chi connectivity index (χ1n) is 10.7. The topological polar surface area (TPSA) is 108 Å². The fraction of sp³-hybridized carbons (Fsp3) is 0.409. The lowest BCUT2D eigenvalue weighted by Crippen LogP contribution is -2.45. The van der Waals surface area contributed by atoms with Gasteiger partial charge in [0.25, 0.3) is 0 Å². The molecule has 9 nitrogen and oxygen atoms in total. The van der Waals surface area contributed by atoms with Crippen LogP contribution in [-0.2, 0) is 9.59 Å². The van der Waals surface area contributed by atoms with Crippen LogP contribution in [0.25, 0.3) is 0 Å². The van der Waals surface area contributed by atoms with E-state index >= 15 is 0 Å². The summed E-state index contributed by atoms with van der Waals surface area (Å²) in [6.45, 7) is 3.14. The average Bonchev–Trinajstić information content (AvgIpc) is 3.18. The Bertz CT molecular complexity index is 998. The molecule has 4 rings (SSSR count). The number of pyridine rings is 2. The van der Waals surface area contributed by atoms with E-state index in [1.165, 1.54) is 11.1 Å². The molecule has 2 N–H and O–H groups in total. The Kier molecular flexibility index (Phi) is 6.55. The molecular formula is C22H25ClN6O3. The van der Waals surface area contributed by atoms with E-state index < -0.39 is 12.1 Å². The fourth-order valence-corrected chi connectivity index (χ4v) is 4.17. The summed E-state index contributed by atoms with van der Waals surface area (Å²) in [6.07, 6.45) is 6.01. The van der Waals surface area contributed by atoms with Gasteiger partial charge in [-0.15, -0.1) is 0 Å². The number of hydrogen-bond acceptors (Lipinski definition) is 5. The van der Waals surface area contributed by atoms with E-state index in [-0.39, 0.29) is 17.7 Å². The molecule has 2 atom stereocenters. The first-order chi connectivity index (χ1) is 15.4. The number of halogens is 1. The molecule has 2 aromatic heterocycles. The van der Waals surface area contributed by atoms with Crippen molar-refractivity contribution < 1.29 is 14.4 Å². The van der Waals surface area contributed by atoms with Crippen molar-refractivity contribution in [2.24, 2.45) is 5.92 Å². The van der Waals surface area contributed by atoms with Crippen molar-refractivity contribution in [1.82, 2.24) is 14.9 Å². The summed E-state index contributed by atoms with van der Waals surface area (Å²) >= 11 is 5.83. The summed E-state index contributed by atoms with van der Waals surface area (Å²) in [5.41, 5.74) is 0.721. The molecule has 4 heterocycles. The van der Waals surface area contributed by atoms with Crippen LogP contribution >= 0.6 is 11.6 Å². The summed E-state index contributed by atoms with van der Waals surface area (Å²) in [4.78, 5) is 49.4. The maximum atomic E-state index is 12.9. The predicted octanol–water partition coefficient (Wildman–Crippen LogP) is 3.53. The van der Waals surface area contributed by atoms with Crippen LogP contribution < -0.4 is 15.5 Å². The molecule has 2 fully saturated rings. The molecule has 32 heavy (non-hydrogen) atoms. The van der Waals surface area contributed by atoms with E-state index in [0.29, 0.717) is 42.6 Å². The Morgan fingerprint density at radius 1 is 1.06 bits per heavy atom. The molecule has 0 spiro atoms. The van der Waals surface area contributed by atoms with Crippen LogP contribution in [0.1, 0.15) is 32.6 Å². The molecule has 2 saturated heterocycles. The van der Waals surface area contributed by atoms with Crippen molar-refractivity contribution in [3.63, 3.8) is 0 Å². The smallest absolute Gasteiger partial charge is 0.312 e. The molecule has 2 aliphatic rings. The molecule has 2 unspecified atom stereocenters. The van der Waals surface area contributed by atoms with E-state index in [2.05, 4.69) is 20.6 Å². The van der Waals surface area contributed by atoms with Gasteiger partial charge in [-0.05, 0) is 49.4 Å². The molecule has 0 saturated carbocycles. The third kappa shape index (κ3) is 4.99. The lowest BCUT2D eigenvalue weighted by molar-refractivity contribution is -0.120. The van der Waals surface area contributed by atoms with Crippen molar-refractivity contribution in [3.05, 3.63) is 41.7 Å². The van der Waals surface area contributed by atoms with Crippen molar-refractivity contribution in [2.45, 2.75) is 38.6 Å². The number of amides is 4. The molecule has 4 amide bonds. The van der Waals surface area contributed by atoms with Crippen LogP contribution in [0.5, 0.6) is 0 Å². The lowest BCUT2D eigenvalue weighted by Gasteiger charge is -2.26. The maximum absolute atomic E-state index is 12.9. The summed E-state index contributed by atoms with van der Waals surface area (Å²) in [5, 5.41) is 5.98. The fourth-order valence-electron chi connectivity index (χ4n) is 4.06. The van der Waals surface area contributed by atoms with Gasteiger partial charge in [0.1, 0.15) is 17.7 Å². The molecule has 10 heteroatoms. The number of likely N-dealkylation sites (tertiary alicyclic amines) is 1. The number of carbonyl (C=O) groups excluding carboxylic acids is 3. The number of aromatic nitrogens is 2. The minimum absolute atomic E-state index is 0.0895. The van der Waals surface area contributed by atoms with Gasteiger partial charge in [0.15, 0.2) is 0 Å². The maximum Gasteiger partial charge on any atom is 0.323 e. The number of carbonyl (C=O) groups is 3. The van der Waals surface area contributed by atoms with Crippen molar-refractivity contribution in [1.29, 1.82) is 0 Å². The molecule has 2 aliphatic heterocycles. The van der Waals surface area contributed by atoms with Crippen LogP contribution in [-0.4, -0.2) is 51.8 Å². The van der Waals surface area contributed by atoms with E-state index in [4.69, 9.17) is 11.6 Å². The molecule has 168 valence electrons. The van der Waals surface area contributed by atoms with Gasteiger partial charge in [0.2, 0.25) is 11.8 Å². The highest BCUT2D eigenvalue weighted by atomic mass is 35.5. The van der Waals surface area contributed by atoms with Gasteiger partial charge in [-0.1, -0.05) is 18.5 Å². The minimum Gasteiger partial charge on any atom is -0.312 e. The van der Waals surface area contributed by atoms with E-state index in [1.54, 1.807) is 35.4 Å². The Labute approximate surface area is 191 Å². The second-order valence-electron chi connectivity index (χ2n) is 8.19. The summed E-state index contributed by atoms with van der Waals surface area (Å²) in [7, 11) is 0. The largest absolute Gasteiger partial charge is 0.323 e. The van der Waals surface area contributed by atoms with Crippen LogP contribution in [0, 0.1) is 5.92 Å². The summed E-state index contributed by atoms with van der Waals surface area (Å²) in [6, 6.07) is 5.68. The van der Waals surface area contributed by atoms with Gasteiger partial charge < -0.3 is 15.1 Å². The molecule has 0 bridgehead atoms. The Morgan fingerprint density at radius 2 is 1.81 bits per heavy atom. The molecule has 0 aliphatic carbocycles. The van der Waals surface area contributed by atoms with Gasteiger partial charge in [0, 0.05) is 25.7 Å². The molecular weight excluding hydrogens is 432 g/mol. The van der Waals surface area contributed by atoms with Gasteiger partial charge in [0.05, 0.1) is 16.9 Å². The highest BCUT2D eigenvalue weighted by Crippen LogP contribution is 2.26. The van der Waals surface area contributed by atoms with Crippen molar-refractivity contribution >= 4 is 46.8 Å². The number of nitrogens with one attached hydrogen (secondary N) is 2. The van der Waals surface area contributed by atoms with Gasteiger partial charge >= 0.3 is 6.03 Å². The number of rotatable bonds is 4. The molecule has 2 aromatic rings. The monoisotopic (exact) mass is 456 g/mol. The highest BCUT2D eigenvalue weighted by Gasteiger charge is 2.38. The SMILES string of the molecule is CC1CC(C(=O)Nc2ccc(N3CCCCC3=O)cn2)N(C(=O)Nc2ccc(Cl)cn2)C1. The zero-order chi connectivity index (χ0) is 22.7. The van der Waals surface area contributed by atoms with Crippen LogP contribution in [0.4, 0.5) is 22.1 Å². The van der Waals surface area contributed by atoms with E-state index in [9.17, 15) is 14.4 Å². The zero-order valence-electron chi connectivity index (χ0n) is 17.8. The summed E-state index contributed by atoms with van der Waals surface area (Å²) in [5.74, 6) is 0.703. The Balaban J connectivity index is 1.40. The summed E-state index contributed by atoms with van der Waals surface area (Å²) < 4.78 is 0. The van der Waals surface area contributed by atoms with Crippen LogP contribution in [0.3, 0.4) is 0 Å². The minimum atomic E-state index is -0.623. The predicted molar refractivity (Wildman–Crippen MR) is 122 cm³/mol. The molecule has 0 aromatic carbocycles. The quantitative estimate of drug-likeness (QED) is 0.731. The Morgan fingerprint density at radius 3 is 2.50 bits per heavy atom. The number of urea groups is 1. The van der Waals surface area contributed by atoms with E-state index in [1.807, 2.05) is 6.92 Å². The normalized spacial score (nSPS) is 20.9. The first kappa shape index (κ1) is 22.0. The van der Waals surface area contributed by atoms with Crippen LogP contribution in [0.15, 0.2) is 36.7 Å². The van der Waals surface area contributed by atoms with Crippen LogP contribution in [0.2, 0.25) is 5.02 Å². The van der Waals surface area contributed by atoms with E-state index in [0.717, 1.165) is 18.5 Å². The number of anilines is 3. The second-order valence-corrected chi connectivity index (χ2v) is 8.63. The lowest BCUT2D eigenvalue weighted by atomic mass is 10.1. The number of piperidine rings is 1. The zero-order valence-corrected chi connectivity index (χ0v) is 18.5. The third-order valence-corrected chi connectivity index (χ3v) is 5.89. The number of nitrogens with zero attached hydrogens (tertiary/aromatic N) is 4. The highest BCUT2D eigenvalue weighted by molar-refractivity contribution is 6.30. The third-order valence-electron chi connectivity index (χ3n) is 5.67. The average molecular weight is 457 g/mol. The Hall–Kier alpha value is -3.20. The van der Waals surface area contributed by atoms with Gasteiger partial charge in [-0.3, -0.25) is 14.9 Å². The number of hydrogen-bond donors (Lipinski definition) is 2. The van der Waals surface area contributed by atoms with Gasteiger partial charge in [-0.25, -0.2) is 14.8 Å². The molecule has 0 radical (unpaired) electrons. The standard InChI is InChI=1S/C22H25ClN6O3/c1-14-10-17(29(13-14)22(32)27-19-7-5-15(23)11-24-19)21(31)26-18-8-6-16(12-25-18)28-9-3-2-4-20(28)30/h5-8,11-12,14,17H,2-4,9-10,13H2,1H3,(H,24,27,32)(H,25,26,31). The van der Waals surface area contributed by atoms with Gasteiger partial charge in [-0.2, -0.15) is 0 Å². The first-order valence-corrected chi connectivity index (χ1v) is 11.0. The van der Waals surface area contributed by atoms with Crippen molar-refractivity contribution in [3.8, 4) is 0 Å². The van der Waals surface area contributed by atoms with Crippen molar-refractivity contribution in [2.75, 3.05) is 28.6 Å². The second kappa shape index (κ2) is 9.52.